The second-order valence-corrected chi connectivity index (χ2v) is 6.09. The fourth-order valence-electron chi connectivity index (χ4n) is 1.63. The van der Waals surface area contributed by atoms with Crippen LogP contribution in [0.4, 0.5) is 0 Å². The molecule has 0 unspecified atom stereocenters. The fraction of sp³-hybridized carbons (Fsp3) is 0.167. The van der Waals surface area contributed by atoms with Gasteiger partial charge in [-0.15, -0.1) is 10.2 Å². The van der Waals surface area contributed by atoms with Crippen molar-refractivity contribution in [3.63, 3.8) is 0 Å². The quantitative estimate of drug-likeness (QED) is 0.691. The molecule has 19 heavy (non-hydrogen) atoms. The molecule has 5 nitrogen and oxygen atoms in total. The van der Waals surface area contributed by atoms with Gasteiger partial charge in [0.2, 0.25) is 5.13 Å². The SMILES string of the molecule is CCSc1nnc(-n2nccc2-c2ccccn2)s1. The lowest BCUT2D eigenvalue weighted by molar-refractivity contribution is 0.842. The number of hydrogen-bond donors (Lipinski definition) is 0. The van der Waals surface area contributed by atoms with Crippen LogP contribution in [0.25, 0.3) is 16.5 Å². The Balaban J connectivity index is 1.99. The third-order valence-electron chi connectivity index (χ3n) is 2.41. The maximum atomic E-state index is 4.34. The third kappa shape index (κ3) is 2.52. The van der Waals surface area contributed by atoms with Crippen LogP contribution in [0.1, 0.15) is 6.92 Å². The molecule has 7 heteroatoms. The van der Waals surface area contributed by atoms with Crippen LogP contribution in [0, 0.1) is 0 Å². The van der Waals surface area contributed by atoms with Crippen LogP contribution in [0.3, 0.4) is 0 Å². The minimum Gasteiger partial charge on any atom is -0.255 e. The van der Waals surface area contributed by atoms with Gasteiger partial charge in [-0.05, 0) is 24.0 Å². The molecule has 96 valence electrons. The van der Waals surface area contributed by atoms with Crippen molar-refractivity contribution < 1.29 is 0 Å². The topological polar surface area (TPSA) is 56.5 Å². The Kier molecular flexibility index (Phi) is 3.56. The second kappa shape index (κ2) is 5.50. The summed E-state index contributed by atoms with van der Waals surface area (Å²) < 4.78 is 2.74. The van der Waals surface area contributed by atoms with Gasteiger partial charge >= 0.3 is 0 Å². The highest BCUT2D eigenvalue weighted by atomic mass is 32.2. The lowest BCUT2D eigenvalue weighted by Gasteiger charge is -2.01. The largest absolute Gasteiger partial charge is 0.255 e. The van der Waals surface area contributed by atoms with Gasteiger partial charge in [0.25, 0.3) is 0 Å². The Morgan fingerprint density at radius 1 is 1.21 bits per heavy atom. The van der Waals surface area contributed by atoms with E-state index in [-0.39, 0.29) is 0 Å². The molecule has 0 aliphatic heterocycles. The number of pyridine rings is 1. The van der Waals surface area contributed by atoms with Crippen molar-refractivity contribution in [1.82, 2.24) is 25.0 Å². The van der Waals surface area contributed by atoms with Crippen molar-refractivity contribution in [1.29, 1.82) is 0 Å². The summed E-state index contributed by atoms with van der Waals surface area (Å²) in [6, 6.07) is 7.73. The van der Waals surface area contributed by atoms with Gasteiger partial charge in [-0.1, -0.05) is 36.1 Å². The normalized spacial score (nSPS) is 10.8. The molecule has 0 N–H and O–H groups in total. The molecule has 3 rings (SSSR count). The second-order valence-electron chi connectivity index (χ2n) is 3.63. The van der Waals surface area contributed by atoms with E-state index < -0.39 is 0 Å². The van der Waals surface area contributed by atoms with Crippen LogP contribution in [0.2, 0.25) is 0 Å². The Bertz CT molecular complexity index is 662. The molecule has 0 aliphatic rings. The molecular formula is C12H11N5S2. The molecule has 0 spiro atoms. The zero-order chi connectivity index (χ0) is 13.1. The molecule has 0 aromatic carbocycles. The highest BCUT2D eigenvalue weighted by Gasteiger charge is 2.12. The molecule has 3 heterocycles. The van der Waals surface area contributed by atoms with Crippen LogP contribution < -0.4 is 0 Å². The number of aromatic nitrogens is 5. The maximum Gasteiger partial charge on any atom is 0.234 e. The van der Waals surface area contributed by atoms with E-state index in [1.54, 1.807) is 28.8 Å². The summed E-state index contributed by atoms with van der Waals surface area (Å²) in [4.78, 5) is 4.34. The summed E-state index contributed by atoms with van der Waals surface area (Å²) >= 11 is 3.22. The van der Waals surface area contributed by atoms with E-state index in [1.807, 2.05) is 24.3 Å². The number of nitrogens with zero attached hydrogens (tertiary/aromatic N) is 5. The Hall–Kier alpha value is -1.73. The molecule has 0 saturated heterocycles. The smallest absolute Gasteiger partial charge is 0.234 e. The van der Waals surface area contributed by atoms with Gasteiger partial charge in [-0.3, -0.25) is 4.98 Å². The van der Waals surface area contributed by atoms with Gasteiger partial charge in [0, 0.05) is 6.20 Å². The first-order valence-electron chi connectivity index (χ1n) is 5.80. The zero-order valence-electron chi connectivity index (χ0n) is 10.2. The van der Waals surface area contributed by atoms with Gasteiger partial charge in [0.1, 0.15) is 0 Å². The lowest BCUT2D eigenvalue weighted by Crippen LogP contribution is -1.99. The number of thioether (sulfide) groups is 1. The van der Waals surface area contributed by atoms with Crippen LogP contribution in [0.5, 0.6) is 0 Å². The van der Waals surface area contributed by atoms with Crippen LogP contribution in [-0.2, 0) is 0 Å². The van der Waals surface area contributed by atoms with Crippen molar-refractivity contribution in [2.45, 2.75) is 11.3 Å². The molecule has 0 atom stereocenters. The minimum absolute atomic E-state index is 0.765. The van der Waals surface area contributed by atoms with Crippen LogP contribution in [-0.4, -0.2) is 30.7 Å². The summed E-state index contributed by atoms with van der Waals surface area (Å²) in [7, 11) is 0. The van der Waals surface area contributed by atoms with Crippen molar-refractivity contribution in [2.75, 3.05) is 5.75 Å². The Labute approximate surface area is 118 Å². The van der Waals surface area contributed by atoms with Crippen molar-refractivity contribution >= 4 is 23.1 Å². The first kappa shape index (κ1) is 12.3. The molecule has 0 aliphatic carbocycles. The average molecular weight is 289 g/mol. The van der Waals surface area contributed by atoms with Gasteiger partial charge in [-0.25, -0.2) is 4.68 Å². The lowest BCUT2D eigenvalue weighted by atomic mass is 10.3. The standard InChI is InChI=1S/C12H11N5S2/c1-2-18-12-16-15-11(19-12)17-10(6-8-14-17)9-5-3-4-7-13-9/h3-8H,2H2,1H3. The zero-order valence-corrected chi connectivity index (χ0v) is 11.9. The predicted octanol–water partition coefficient (Wildman–Crippen LogP) is 2.90. The summed E-state index contributed by atoms with van der Waals surface area (Å²) in [5.41, 5.74) is 1.80. The summed E-state index contributed by atoms with van der Waals surface area (Å²) in [5.74, 6) is 0.987. The van der Waals surface area contributed by atoms with E-state index in [2.05, 4.69) is 27.2 Å². The van der Waals surface area contributed by atoms with Crippen LogP contribution in [0.15, 0.2) is 41.0 Å². The van der Waals surface area contributed by atoms with E-state index in [9.17, 15) is 0 Å². The number of hydrogen-bond acceptors (Lipinski definition) is 6. The van der Waals surface area contributed by atoms with E-state index >= 15 is 0 Å². The number of rotatable bonds is 4. The van der Waals surface area contributed by atoms with E-state index in [4.69, 9.17) is 0 Å². The fourth-order valence-corrected chi connectivity index (χ4v) is 3.34. The Morgan fingerprint density at radius 3 is 2.95 bits per heavy atom. The monoisotopic (exact) mass is 289 g/mol. The first-order chi connectivity index (χ1) is 9.38. The average Bonchev–Trinajstić information content (AvgIpc) is 3.08. The highest BCUT2D eigenvalue weighted by Crippen LogP contribution is 2.27. The molecule has 0 bridgehead atoms. The first-order valence-corrected chi connectivity index (χ1v) is 7.61. The van der Waals surface area contributed by atoms with Gasteiger partial charge in [0.15, 0.2) is 4.34 Å². The van der Waals surface area contributed by atoms with E-state index in [0.29, 0.717) is 0 Å². The summed E-state index contributed by atoms with van der Waals surface area (Å²) in [5, 5.41) is 13.4. The molecular weight excluding hydrogens is 278 g/mol. The Morgan fingerprint density at radius 2 is 2.16 bits per heavy atom. The maximum absolute atomic E-state index is 4.34. The van der Waals surface area contributed by atoms with E-state index in [0.717, 1.165) is 26.6 Å². The van der Waals surface area contributed by atoms with E-state index in [1.165, 1.54) is 11.3 Å². The summed E-state index contributed by atoms with van der Waals surface area (Å²) in [6.07, 6.45) is 3.52. The van der Waals surface area contributed by atoms with Gasteiger partial charge in [0.05, 0.1) is 17.6 Å². The van der Waals surface area contributed by atoms with Crippen molar-refractivity contribution in [3.8, 4) is 16.5 Å². The van der Waals surface area contributed by atoms with Crippen LogP contribution >= 0.6 is 23.1 Å². The molecule has 0 fully saturated rings. The molecule has 0 radical (unpaired) electrons. The molecule has 3 aromatic heterocycles. The minimum atomic E-state index is 0.765. The molecule has 0 saturated carbocycles. The predicted molar refractivity (Wildman–Crippen MR) is 76.7 cm³/mol. The molecule has 3 aromatic rings. The summed E-state index contributed by atoms with van der Waals surface area (Å²) in [6.45, 7) is 2.10. The highest BCUT2D eigenvalue weighted by molar-refractivity contribution is 8.01. The van der Waals surface area contributed by atoms with Crippen molar-refractivity contribution in [2.24, 2.45) is 0 Å². The van der Waals surface area contributed by atoms with Crippen molar-refractivity contribution in [3.05, 3.63) is 36.7 Å². The van der Waals surface area contributed by atoms with Gasteiger partial charge in [-0.2, -0.15) is 5.10 Å². The third-order valence-corrected chi connectivity index (χ3v) is 4.33. The molecule has 0 amide bonds. The van der Waals surface area contributed by atoms with Gasteiger partial charge < -0.3 is 0 Å².